The van der Waals surface area contributed by atoms with E-state index >= 15 is 0 Å². The summed E-state index contributed by atoms with van der Waals surface area (Å²) in [6.07, 6.45) is 7.50. The average Bonchev–Trinajstić information content (AvgIpc) is 3.27. The molecule has 2 atom stereocenters. The Kier molecular flexibility index (Phi) is 4.26. The van der Waals surface area contributed by atoms with Gasteiger partial charge in [-0.2, -0.15) is 4.98 Å². The lowest BCUT2D eigenvalue weighted by atomic mass is 9.90. The molecule has 4 heterocycles. The molecule has 1 fully saturated rings. The minimum absolute atomic E-state index is 0.0805. The Morgan fingerprint density at radius 1 is 1.35 bits per heavy atom. The zero-order chi connectivity index (χ0) is 18.3. The van der Waals surface area contributed by atoms with Crippen LogP contribution in [-0.2, 0) is 4.79 Å². The molecule has 2 aliphatic rings. The standard InChI is InChI=1S/C20H24N4O2/c1-4-16-13(3)5-7-15-8-6-14(11-24(15)20(16)25)19-22-18(23-26-19)17-9-12(2)10-21-17/h4,9-10,14-15,21H,1,5-8,11H2,2-3H3/t14-,15+/m0/s1. The van der Waals surface area contributed by atoms with Crippen LogP contribution in [0.25, 0.3) is 11.5 Å². The number of carbonyl (C=O) groups excluding carboxylic acids is 1. The minimum Gasteiger partial charge on any atom is -0.358 e. The van der Waals surface area contributed by atoms with Crippen LogP contribution in [0.5, 0.6) is 0 Å². The van der Waals surface area contributed by atoms with Gasteiger partial charge in [-0.25, -0.2) is 0 Å². The number of hydrogen-bond acceptors (Lipinski definition) is 4. The summed E-state index contributed by atoms with van der Waals surface area (Å²) >= 11 is 0. The highest BCUT2D eigenvalue weighted by atomic mass is 16.5. The van der Waals surface area contributed by atoms with Crippen molar-refractivity contribution in [3.05, 3.63) is 47.5 Å². The second-order valence-electron chi connectivity index (χ2n) is 7.37. The molecule has 0 spiro atoms. The first-order chi connectivity index (χ1) is 12.6. The van der Waals surface area contributed by atoms with Crippen molar-refractivity contribution in [3.63, 3.8) is 0 Å². The van der Waals surface area contributed by atoms with Gasteiger partial charge in [0.25, 0.3) is 5.91 Å². The van der Waals surface area contributed by atoms with Gasteiger partial charge in [0.15, 0.2) is 0 Å². The molecule has 0 aliphatic carbocycles. The number of amides is 1. The molecule has 0 aromatic carbocycles. The summed E-state index contributed by atoms with van der Waals surface area (Å²) in [6, 6.07) is 2.29. The number of nitrogens with one attached hydrogen (secondary N) is 1. The quantitative estimate of drug-likeness (QED) is 0.913. The van der Waals surface area contributed by atoms with E-state index in [1.54, 1.807) is 6.08 Å². The fraction of sp³-hybridized carbons (Fsp3) is 0.450. The van der Waals surface area contributed by atoms with Crippen molar-refractivity contribution in [1.29, 1.82) is 0 Å². The van der Waals surface area contributed by atoms with Gasteiger partial charge in [0.2, 0.25) is 11.7 Å². The van der Waals surface area contributed by atoms with Crippen LogP contribution in [-0.4, -0.2) is 38.5 Å². The van der Waals surface area contributed by atoms with Crippen LogP contribution in [0.2, 0.25) is 0 Å². The second-order valence-corrected chi connectivity index (χ2v) is 7.37. The number of aromatic amines is 1. The van der Waals surface area contributed by atoms with Crippen LogP contribution < -0.4 is 0 Å². The molecule has 2 aromatic rings. The van der Waals surface area contributed by atoms with E-state index in [-0.39, 0.29) is 11.8 Å². The van der Waals surface area contributed by atoms with Gasteiger partial charge < -0.3 is 14.4 Å². The van der Waals surface area contributed by atoms with Crippen molar-refractivity contribution in [1.82, 2.24) is 20.0 Å². The molecule has 2 aliphatic heterocycles. The van der Waals surface area contributed by atoms with Gasteiger partial charge in [0.1, 0.15) is 0 Å². The number of aryl methyl sites for hydroxylation is 1. The lowest BCUT2D eigenvalue weighted by Crippen LogP contribution is -2.46. The molecule has 0 bridgehead atoms. The van der Waals surface area contributed by atoms with Gasteiger partial charge in [-0.05, 0) is 51.2 Å². The summed E-state index contributed by atoms with van der Waals surface area (Å²) in [5.41, 5.74) is 3.87. The predicted octanol–water partition coefficient (Wildman–Crippen LogP) is 3.74. The third-order valence-corrected chi connectivity index (χ3v) is 5.57. The molecule has 26 heavy (non-hydrogen) atoms. The first-order valence-electron chi connectivity index (χ1n) is 9.19. The van der Waals surface area contributed by atoms with Gasteiger partial charge in [0.05, 0.1) is 11.6 Å². The Morgan fingerprint density at radius 2 is 2.19 bits per heavy atom. The Bertz CT molecular complexity index is 876. The van der Waals surface area contributed by atoms with Crippen molar-refractivity contribution >= 4 is 5.91 Å². The highest BCUT2D eigenvalue weighted by Crippen LogP contribution is 2.35. The van der Waals surface area contributed by atoms with Gasteiger partial charge in [-0.1, -0.05) is 23.4 Å². The summed E-state index contributed by atoms with van der Waals surface area (Å²) in [5.74, 6) is 1.35. The summed E-state index contributed by atoms with van der Waals surface area (Å²) < 4.78 is 5.54. The molecule has 136 valence electrons. The van der Waals surface area contributed by atoms with Crippen molar-refractivity contribution in [2.45, 2.75) is 51.5 Å². The summed E-state index contributed by atoms with van der Waals surface area (Å²) in [4.78, 5) is 22.7. The van der Waals surface area contributed by atoms with E-state index in [0.717, 1.165) is 48.1 Å². The summed E-state index contributed by atoms with van der Waals surface area (Å²) in [6.45, 7) is 8.50. The lowest BCUT2D eigenvalue weighted by Gasteiger charge is -2.37. The van der Waals surface area contributed by atoms with Crippen LogP contribution in [0.1, 0.15) is 50.0 Å². The SMILES string of the molecule is C=CC1=C(C)CC[C@@H]2CC[C@H](c3nc(-c4cc(C)c[nH]4)no3)CN2C1=O. The third-order valence-electron chi connectivity index (χ3n) is 5.57. The first-order valence-corrected chi connectivity index (χ1v) is 9.19. The normalized spacial score (nSPS) is 23.8. The molecule has 0 radical (unpaired) electrons. The van der Waals surface area contributed by atoms with Crippen molar-refractivity contribution < 1.29 is 9.32 Å². The number of piperidine rings is 1. The number of allylic oxidation sites excluding steroid dienone is 1. The molecule has 1 saturated heterocycles. The summed E-state index contributed by atoms with van der Waals surface area (Å²) in [5, 5.41) is 4.11. The Labute approximate surface area is 153 Å². The molecule has 6 heteroatoms. The number of hydrogen-bond donors (Lipinski definition) is 1. The molecule has 1 N–H and O–H groups in total. The van der Waals surface area contributed by atoms with Crippen LogP contribution in [0.4, 0.5) is 0 Å². The maximum atomic E-state index is 13.0. The van der Waals surface area contributed by atoms with Gasteiger partial charge in [-0.15, -0.1) is 0 Å². The zero-order valence-electron chi connectivity index (χ0n) is 15.3. The molecule has 6 nitrogen and oxygen atoms in total. The predicted molar refractivity (Wildman–Crippen MR) is 98.4 cm³/mol. The Hall–Kier alpha value is -2.63. The van der Waals surface area contributed by atoms with Crippen LogP contribution in [0.15, 0.2) is 40.6 Å². The fourth-order valence-electron chi connectivity index (χ4n) is 4.04. The third kappa shape index (κ3) is 2.89. The van der Waals surface area contributed by atoms with Crippen LogP contribution in [0, 0.1) is 6.92 Å². The second kappa shape index (κ2) is 6.59. The fourth-order valence-corrected chi connectivity index (χ4v) is 4.04. The maximum absolute atomic E-state index is 13.0. The van der Waals surface area contributed by atoms with Crippen LogP contribution in [0.3, 0.4) is 0 Å². The maximum Gasteiger partial charge on any atom is 0.254 e. The van der Waals surface area contributed by atoms with Gasteiger partial charge in [0, 0.05) is 24.4 Å². The molecule has 0 unspecified atom stereocenters. The molecule has 0 saturated carbocycles. The van der Waals surface area contributed by atoms with E-state index in [1.165, 1.54) is 0 Å². The van der Waals surface area contributed by atoms with E-state index in [2.05, 4.69) is 21.7 Å². The van der Waals surface area contributed by atoms with E-state index in [9.17, 15) is 4.79 Å². The molecular weight excluding hydrogens is 328 g/mol. The molecule has 2 aromatic heterocycles. The monoisotopic (exact) mass is 352 g/mol. The van der Waals surface area contributed by atoms with Crippen molar-refractivity contribution in [2.24, 2.45) is 0 Å². The highest BCUT2D eigenvalue weighted by Gasteiger charge is 2.37. The van der Waals surface area contributed by atoms with Crippen molar-refractivity contribution in [2.75, 3.05) is 6.54 Å². The molecular formula is C20H24N4O2. The van der Waals surface area contributed by atoms with Gasteiger partial charge >= 0.3 is 0 Å². The van der Waals surface area contributed by atoms with E-state index in [1.807, 2.05) is 31.0 Å². The number of carbonyl (C=O) groups is 1. The molecule has 1 amide bonds. The van der Waals surface area contributed by atoms with E-state index < -0.39 is 0 Å². The number of H-pyrrole nitrogens is 1. The smallest absolute Gasteiger partial charge is 0.254 e. The van der Waals surface area contributed by atoms with Gasteiger partial charge in [-0.3, -0.25) is 4.79 Å². The number of fused-ring (bicyclic) bond motifs is 1. The highest BCUT2D eigenvalue weighted by molar-refractivity contribution is 5.97. The number of rotatable bonds is 3. The van der Waals surface area contributed by atoms with E-state index in [4.69, 9.17) is 4.52 Å². The average molecular weight is 352 g/mol. The number of nitrogens with zero attached hydrogens (tertiary/aromatic N) is 3. The minimum atomic E-state index is 0.0805. The topological polar surface area (TPSA) is 75.0 Å². The first kappa shape index (κ1) is 16.8. The zero-order valence-corrected chi connectivity index (χ0v) is 15.3. The lowest BCUT2D eigenvalue weighted by molar-refractivity contribution is -0.130. The molecule has 4 rings (SSSR count). The van der Waals surface area contributed by atoms with Crippen molar-refractivity contribution in [3.8, 4) is 11.5 Å². The van der Waals surface area contributed by atoms with E-state index in [0.29, 0.717) is 24.3 Å². The Balaban J connectivity index is 1.56. The number of aromatic nitrogens is 3. The Morgan fingerprint density at radius 3 is 2.92 bits per heavy atom. The largest absolute Gasteiger partial charge is 0.358 e. The van der Waals surface area contributed by atoms with Crippen LogP contribution >= 0.6 is 0 Å². The summed E-state index contributed by atoms with van der Waals surface area (Å²) in [7, 11) is 0.